The van der Waals surface area contributed by atoms with E-state index in [1.165, 1.54) is 12.2 Å². The van der Waals surface area contributed by atoms with Crippen LogP contribution in [-0.2, 0) is 4.79 Å². The van der Waals surface area contributed by atoms with Gasteiger partial charge in [-0.05, 0) is 18.6 Å². The first-order valence-corrected chi connectivity index (χ1v) is 5.35. The smallest absolute Gasteiger partial charge is 0.220 e. The van der Waals surface area contributed by atoms with Crippen LogP contribution in [0.25, 0.3) is 0 Å². The SMILES string of the molecule is CCCSC[C@@H]1CCC(=O)N1. The van der Waals surface area contributed by atoms with Gasteiger partial charge in [0.05, 0.1) is 0 Å². The van der Waals surface area contributed by atoms with Crippen molar-refractivity contribution < 1.29 is 4.79 Å². The highest BCUT2D eigenvalue weighted by Crippen LogP contribution is 2.12. The highest BCUT2D eigenvalue weighted by atomic mass is 32.2. The Bertz CT molecular complexity index is 138. The molecule has 1 N–H and O–H groups in total. The van der Waals surface area contributed by atoms with E-state index in [-0.39, 0.29) is 5.91 Å². The molecular weight excluding hydrogens is 158 g/mol. The second-order valence-corrected chi connectivity index (χ2v) is 4.03. The van der Waals surface area contributed by atoms with E-state index in [2.05, 4.69) is 12.2 Å². The summed E-state index contributed by atoms with van der Waals surface area (Å²) in [7, 11) is 0. The van der Waals surface area contributed by atoms with Gasteiger partial charge in [-0.15, -0.1) is 0 Å². The monoisotopic (exact) mass is 173 g/mol. The quantitative estimate of drug-likeness (QED) is 0.651. The zero-order valence-corrected chi connectivity index (χ0v) is 7.75. The molecule has 0 saturated carbocycles. The largest absolute Gasteiger partial charge is 0.353 e. The highest BCUT2D eigenvalue weighted by molar-refractivity contribution is 7.99. The molecule has 2 nitrogen and oxygen atoms in total. The molecule has 0 spiro atoms. The molecule has 1 saturated heterocycles. The third-order valence-electron chi connectivity index (χ3n) is 1.75. The Hall–Kier alpha value is -0.180. The predicted molar refractivity (Wildman–Crippen MR) is 48.8 cm³/mol. The lowest BCUT2D eigenvalue weighted by Gasteiger charge is -2.07. The summed E-state index contributed by atoms with van der Waals surface area (Å²) in [4.78, 5) is 10.8. The molecule has 1 amide bonds. The normalized spacial score (nSPS) is 23.7. The first kappa shape index (κ1) is 8.91. The maximum Gasteiger partial charge on any atom is 0.220 e. The van der Waals surface area contributed by atoms with Crippen molar-refractivity contribution in [1.82, 2.24) is 5.32 Å². The average molecular weight is 173 g/mol. The molecule has 1 aliphatic heterocycles. The fourth-order valence-corrected chi connectivity index (χ4v) is 2.16. The lowest BCUT2D eigenvalue weighted by atomic mass is 10.2. The number of hydrogen-bond acceptors (Lipinski definition) is 2. The van der Waals surface area contributed by atoms with Crippen LogP contribution in [-0.4, -0.2) is 23.5 Å². The minimum atomic E-state index is 0.229. The number of hydrogen-bond donors (Lipinski definition) is 1. The molecule has 0 unspecified atom stereocenters. The molecule has 1 atom stereocenters. The molecule has 0 aromatic carbocycles. The van der Waals surface area contributed by atoms with Gasteiger partial charge in [0, 0.05) is 18.2 Å². The van der Waals surface area contributed by atoms with E-state index in [4.69, 9.17) is 0 Å². The van der Waals surface area contributed by atoms with Gasteiger partial charge in [0.15, 0.2) is 0 Å². The van der Waals surface area contributed by atoms with Gasteiger partial charge >= 0.3 is 0 Å². The van der Waals surface area contributed by atoms with Gasteiger partial charge in [0.2, 0.25) is 5.91 Å². The number of amides is 1. The number of rotatable bonds is 4. The molecular formula is C8H15NOS. The van der Waals surface area contributed by atoms with Gasteiger partial charge in [-0.2, -0.15) is 11.8 Å². The summed E-state index contributed by atoms with van der Waals surface area (Å²) in [5, 5.41) is 2.95. The van der Waals surface area contributed by atoms with Crippen LogP contribution < -0.4 is 5.32 Å². The first-order valence-electron chi connectivity index (χ1n) is 4.20. The van der Waals surface area contributed by atoms with Crippen molar-refractivity contribution in [2.24, 2.45) is 0 Å². The van der Waals surface area contributed by atoms with Crippen LogP contribution in [0.3, 0.4) is 0 Å². The number of nitrogens with one attached hydrogen (secondary N) is 1. The second kappa shape index (κ2) is 4.65. The Labute approximate surface area is 72.1 Å². The van der Waals surface area contributed by atoms with Crippen molar-refractivity contribution in [3.63, 3.8) is 0 Å². The van der Waals surface area contributed by atoms with Crippen molar-refractivity contribution in [2.75, 3.05) is 11.5 Å². The van der Waals surface area contributed by atoms with Crippen LogP contribution in [0.15, 0.2) is 0 Å². The summed E-state index contributed by atoms with van der Waals surface area (Å²) in [6.45, 7) is 2.18. The topological polar surface area (TPSA) is 29.1 Å². The Balaban J connectivity index is 2.04. The Morgan fingerprint density at radius 3 is 3.09 bits per heavy atom. The second-order valence-electron chi connectivity index (χ2n) is 2.88. The molecule has 0 radical (unpaired) electrons. The molecule has 1 heterocycles. The van der Waals surface area contributed by atoms with Gasteiger partial charge in [-0.25, -0.2) is 0 Å². The molecule has 1 rings (SSSR count). The summed E-state index contributed by atoms with van der Waals surface area (Å²) < 4.78 is 0. The standard InChI is InChI=1S/C8H15NOS/c1-2-5-11-6-7-3-4-8(10)9-7/h7H,2-6H2,1H3,(H,9,10)/t7-/m0/s1. The third-order valence-corrected chi connectivity index (χ3v) is 3.09. The van der Waals surface area contributed by atoms with E-state index in [9.17, 15) is 4.79 Å². The Morgan fingerprint density at radius 2 is 2.55 bits per heavy atom. The summed E-state index contributed by atoms with van der Waals surface area (Å²) in [6.07, 6.45) is 3.00. The molecule has 3 heteroatoms. The van der Waals surface area contributed by atoms with E-state index in [0.717, 1.165) is 18.6 Å². The fraction of sp³-hybridized carbons (Fsp3) is 0.875. The van der Waals surface area contributed by atoms with Gasteiger partial charge in [-0.1, -0.05) is 6.92 Å². The van der Waals surface area contributed by atoms with Gasteiger partial charge < -0.3 is 5.32 Å². The van der Waals surface area contributed by atoms with Crippen LogP contribution in [0.2, 0.25) is 0 Å². The van der Waals surface area contributed by atoms with Crippen LogP contribution >= 0.6 is 11.8 Å². The van der Waals surface area contributed by atoms with Gasteiger partial charge in [0.1, 0.15) is 0 Å². The van der Waals surface area contributed by atoms with Crippen LogP contribution in [0.5, 0.6) is 0 Å². The van der Waals surface area contributed by atoms with Crippen molar-refractivity contribution in [2.45, 2.75) is 32.2 Å². The van der Waals surface area contributed by atoms with Crippen LogP contribution in [0, 0.1) is 0 Å². The minimum Gasteiger partial charge on any atom is -0.353 e. The Kier molecular flexibility index (Phi) is 3.77. The maximum atomic E-state index is 10.8. The van der Waals surface area contributed by atoms with Gasteiger partial charge in [-0.3, -0.25) is 4.79 Å². The molecule has 0 aliphatic carbocycles. The summed E-state index contributed by atoms with van der Waals surface area (Å²) in [5.41, 5.74) is 0. The van der Waals surface area contributed by atoms with Crippen molar-refractivity contribution >= 4 is 17.7 Å². The van der Waals surface area contributed by atoms with Crippen molar-refractivity contribution in [3.8, 4) is 0 Å². The number of carbonyl (C=O) groups is 1. The summed E-state index contributed by atoms with van der Waals surface area (Å²) >= 11 is 1.94. The van der Waals surface area contributed by atoms with Gasteiger partial charge in [0.25, 0.3) is 0 Å². The number of carbonyl (C=O) groups excluding carboxylic acids is 1. The van der Waals surface area contributed by atoms with Crippen molar-refractivity contribution in [1.29, 1.82) is 0 Å². The van der Waals surface area contributed by atoms with Crippen molar-refractivity contribution in [3.05, 3.63) is 0 Å². The molecule has 0 aromatic heterocycles. The number of thioether (sulfide) groups is 1. The zero-order valence-electron chi connectivity index (χ0n) is 6.93. The lowest BCUT2D eigenvalue weighted by Crippen LogP contribution is -2.27. The Morgan fingerprint density at radius 1 is 1.73 bits per heavy atom. The lowest BCUT2D eigenvalue weighted by molar-refractivity contribution is -0.119. The summed E-state index contributed by atoms with van der Waals surface area (Å²) in [5.74, 6) is 2.54. The van der Waals surface area contributed by atoms with E-state index in [1.807, 2.05) is 11.8 Å². The highest BCUT2D eigenvalue weighted by Gasteiger charge is 2.19. The maximum absolute atomic E-state index is 10.8. The van der Waals surface area contributed by atoms with E-state index >= 15 is 0 Å². The molecule has 0 aromatic rings. The molecule has 11 heavy (non-hydrogen) atoms. The molecule has 0 bridgehead atoms. The van der Waals surface area contributed by atoms with E-state index in [1.54, 1.807) is 0 Å². The fourth-order valence-electron chi connectivity index (χ4n) is 1.17. The third kappa shape index (κ3) is 3.14. The van der Waals surface area contributed by atoms with E-state index in [0.29, 0.717) is 6.04 Å². The zero-order chi connectivity index (χ0) is 8.10. The molecule has 1 aliphatic rings. The predicted octanol–water partition coefficient (Wildman–Crippen LogP) is 1.41. The first-order chi connectivity index (χ1) is 5.33. The molecule has 1 fully saturated rings. The van der Waals surface area contributed by atoms with E-state index < -0.39 is 0 Å². The molecule has 64 valence electrons. The minimum absolute atomic E-state index is 0.229. The summed E-state index contributed by atoms with van der Waals surface area (Å²) in [6, 6.07) is 0.457. The average Bonchev–Trinajstić information content (AvgIpc) is 2.37. The van der Waals surface area contributed by atoms with Crippen LogP contribution in [0.4, 0.5) is 0 Å². The van der Waals surface area contributed by atoms with Crippen LogP contribution in [0.1, 0.15) is 26.2 Å².